The van der Waals surface area contributed by atoms with Crippen LogP contribution in [0.15, 0.2) is 29.2 Å². The summed E-state index contributed by atoms with van der Waals surface area (Å²) in [5, 5.41) is 3.43. The summed E-state index contributed by atoms with van der Waals surface area (Å²) in [5.41, 5.74) is -0.0181. The SMILES string of the molecule is CN(C)CC(C)(C)CNC(=O)C1CCN(S(=O)(=O)c2cccc(Cl)c2)CC1. The summed E-state index contributed by atoms with van der Waals surface area (Å²) in [6.07, 6.45) is 1.06. The van der Waals surface area contributed by atoms with Crippen LogP contribution in [0, 0.1) is 11.3 Å². The van der Waals surface area contributed by atoms with E-state index in [-0.39, 0.29) is 22.1 Å². The average molecular weight is 416 g/mol. The number of nitrogens with one attached hydrogen (secondary N) is 1. The van der Waals surface area contributed by atoms with Crippen LogP contribution in [0.1, 0.15) is 26.7 Å². The van der Waals surface area contributed by atoms with Crippen molar-refractivity contribution >= 4 is 27.5 Å². The van der Waals surface area contributed by atoms with Crippen LogP contribution in [0.3, 0.4) is 0 Å². The number of sulfonamides is 1. The fourth-order valence-corrected chi connectivity index (χ4v) is 5.29. The lowest BCUT2D eigenvalue weighted by molar-refractivity contribution is -0.126. The fraction of sp³-hybridized carbons (Fsp3) is 0.632. The Balaban J connectivity index is 1.90. The Labute approximate surface area is 167 Å². The first kappa shape index (κ1) is 22.1. The Morgan fingerprint density at radius 3 is 2.48 bits per heavy atom. The van der Waals surface area contributed by atoms with Gasteiger partial charge in [-0.3, -0.25) is 4.79 Å². The topological polar surface area (TPSA) is 69.7 Å². The lowest BCUT2D eigenvalue weighted by atomic mass is 9.91. The summed E-state index contributed by atoms with van der Waals surface area (Å²) in [7, 11) is 0.456. The number of carbonyl (C=O) groups excluding carboxylic acids is 1. The quantitative estimate of drug-likeness (QED) is 0.742. The zero-order chi connectivity index (χ0) is 20.2. The molecule has 27 heavy (non-hydrogen) atoms. The van der Waals surface area contributed by atoms with Gasteiger partial charge in [0.2, 0.25) is 15.9 Å². The number of rotatable bonds is 7. The lowest BCUT2D eigenvalue weighted by Gasteiger charge is -2.32. The number of hydrogen-bond acceptors (Lipinski definition) is 4. The van der Waals surface area contributed by atoms with Gasteiger partial charge in [-0.15, -0.1) is 0 Å². The van der Waals surface area contributed by atoms with Gasteiger partial charge in [0, 0.05) is 37.1 Å². The molecule has 1 fully saturated rings. The number of benzene rings is 1. The maximum absolute atomic E-state index is 12.7. The molecule has 0 spiro atoms. The highest BCUT2D eigenvalue weighted by atomic mass is 35.5. The molecule has 1 aliphatic rings. The maximum atomic E-state index is 12.7. The molecule has 1 N–H and O–H groups in total. The van der Waals surface area contributed by atoms with Crippen LogP contribution in [0.2, 0.25) is 5.02 Å². The van der Waals surface area contributed by atoms with Crippen molar-refractivity contribution < 1.29 is 13.2 Å². The summed E-state index contributed by atoms with van der Waals surface area (Å²) in [5.74, 6) is -0.132. The second-order valence-electron chi connectivity index (χ2n) is 8.26. The van der Waals surface area contributed by atoms with Gasteiger partial charge < -0.3 is 10.2 Å². The van der Waals surface area contributed by atoms with E-state index in [1.165, 1.54) is 10.4 Å². The molecule has 1 heterocycles. The minimum Gasteiger partial charge on any atom is -0.355 e. The summed E-state index contributed by atoms with van der Waals surface area (Å²) < 4.78 is 26.9. The maximum Gasteiger partial charge on any atom is 0.243 e. The smallest absolute Gasteiger partial charge is 0.243 e. The average Bonchev–Trinajstić information content (AvgIpc) is 2.59. The molecular formula is C19H30ClN3O3S. The Morgan fingerprint density at radius 1 is 1.30 bits per heavy atom. The fourth-order valence-electron chi connectivity index (χ4n) is 3.52. The molecule has 0 aromatic heterocycles. The minimum absolute atomic E-state index is 0.0154. The Kier molecular flexibility index (Phi) is 7.30. The van der Waals surface area contributed by atoms with E-state index in [9.17, 15) is 13.2 Å². The van der Waals surface area contributed by atoms with Gasteiger partial charge in [0.15, 0.2) is 0 Å². The standard InChI is InChI=1S/C19H30ClN3O3S/c1-19(2,14-22(3)4)13-21-18(24)15-8-10-23(11-9-15)27(25,26)17-7-5-6-16(20)12-17/h5-7,12,15H,8-11,13-14H2,1-4H3,(H,21,24). The van der Waals surface area contributed by atoms with Gasteiger partial charge in [-0.2, -0.15) is 4.31 Å². The summed E-state index contributed by atoms with van der Waals surface area (Å²) in [6.45, 7) is 6.40. The Hall–Kier alpha value is -1.15. The zero-order valence-corrected chi connectivity index (χ0v) is 18.1. The molecule has 8 heteroatoms. The second kappa shape index (κ2) is 8.90. The molecule has 152 valence electrons. The molecule has 1 amide bonds. The van der Waals surface area contributed by atoms with Gasteiger partial charge in [0.25, 0.3) is 0 Å². The van der Waals surface area contributed by atoms with E-state index in [0.717, 1.165) is 6.54 Å². The van der Waals surface area contributed by atoms with Crippen LogP contribution in [0.5, 0.6) is 0 Å². The van der Waals surface area contributed by atoms with E-state index in [2.05, 4.69) is 24.1 Å². The van der Waals surface area contributed by atoms with Gasteiger partial charge in [-0.25, -0.2) is 8.42 Å². The number of nitrogens with zero attached hydrogens (tertiary/aromatic N) is 2. The molecule has 0 atom stereocenters. The van der Waals surface area contributed by atoms with E-state index >= 15 is 0 Å². The van der Waals surface area contributed by atoms with Crippen molar-refractivity contribution in [2.75, 3.05) is 40.3 Å². The van der Waals surface area contributed by atoms with Crippen molar-refractivity contribution in [3.8, 4) is 0 Å². The summed E-state index contributed by atoms with van der Waals surface area (Å²) in [4.78, 5) is 14.8. The van der Waals surface area contributed by atoms with Crippen molar-refractivity contribution in [2.45, 2.75) is 31.6 Å². The number of halogens is 1. The first-order chi connectivity index (χ1) is 12.5. The number of amides is 1. The molecular weight excluding hydrogens is 386 g/mol. The predicted molar refractivity (Wildman–Crippen MR) is 108 cm³/mol. The van der Waals surface area contributed by atoms with Crippen LogP contribution < -0.4 is 5.32 Å². The number of carbonyl (C=O) groups is 1. The van der Waals surface area contributed by atoms with E-state index in [1.54, 1.807) is 18.2 Å². The van der Waals surface area contributed by atoms with Crippen molar-refractivity contribution in [1.29, 1.82) is 0 Å². The molecule has 6 nitrogen and oxygen atoms in total. The van der Waals surface area contributed by atoms with Crippen molar-refractivity contribution in [3.63, 3.8) is 0 Å². The van der Waals surface area contributed by atoms with Crippen LogP contribution in [0.25, 0.3) is 0 Å². The molecule has 1 saturated heterocycles. The first-order valence-corrected chi connectivity index (χ1v) is 11.0. The van der Waals surface area contributed by atoms with Gasteiger partial charge in [-0.1, -0.05) is 31.5 Å². The Bertz CT molecular complexity index is 757. The van der Waals surface area contributed by atoms with E-state index in [4.69, 9.17) is 11.6 Å². The number of piperidine rings is 1. The highest BCUT2D eigenvalue weighted by Gasteiger charge is 2.32. The van der Waals surface area contributed by atoms with Crippen LogP contribution in [0.4, 0.5) is 0 Å². The molecule has 1 aliphatic heterocycles. The highest BCUT2D eigenvalue weighted by molar-refractivity contribution is 7.89. The Morgan fingerprint density at radius 2 is 1.93 bits per heavy atom. The van der Waals surface area contributed by atoms with Crippen LogP contribution in [-0.4, -0.2) is 63.8 Å². The third-order valence-electron chi connectivity index (χ3n) is 4.74. The molecule has 0 radical (unpaired) electrons. The summed E-state index contributed by atoms with van der Waals surface area (Å²) >= 11 is 5.92. The minimum atomic E-state index is -3.57. The largest absolute Gasteiger partial charge is 0.355 e. The normalized spacial score (nSPS) is 17.3. The number of hydrogen-bond donors (Lipinski definition) is 1. The molecule has 1 aromatic rings. The van der Waals surface area contributed by atoms with Crippen molar-refractivity contribution in [1.82, 2.24) is 14.5 Å². The third kappa shape index (κ3) is 6.17. The lowest BCUT2D eigenvalue weighted by Crippen LogP contribution is -2.45. The van der Waals surface area contributed by atoms with Gasteiger partial charge in [0.05, 0.1) is 4.90 Å². The van der Waals surface area contributed by atoms with Crippen molar-refractivity contribution in [2.24, 2.45) is 11.3 Å². The zero-order valence-electron chi connectivity index (χ0n) is 16.5. The van der Waals surface area contributed by atoms with Gasteiger partial charge in [-0.05, 0) is 50.6 Å². The molecule has 0 bridgehead atoms. The molecule has 0 aliphatic carbocycles. The van der Waals surface area contributed by atoms with E-state index in [0.29, 0.717) is 37.5 Å². The monoisotopic (exact) mass is 415 g/mol. The molecule has 0 unspecified atom stereocenters. The molecule has 0 saturated carbocycles. The van der Waals surface area contributed by atoms with E-state index < -0.39 is 10.0 Å². The second-order valence-corrected chi connectivity index (χ2v) is 10.6. The first-order valence-electron chi connectivity index (χ1n) is 9.19. The molecule has 2 rings (SSSR count). The third-order valence-corrected chi connectivity index (χ3v) is 6.87. The summed E-state index contributed by atoms with van der Waals surface area (Å²) in [6, 6.07) is 6.29. The van der Waals surface area contributed by atoms with Crippen LogP contribution >= 0.6 is 11.6 Å². The van der Waals surface area contributed by atoms with E-state index in [1.807, 2.05) is 14.1 Å². The molecule has 1 aromatic carbocycles. The van der Waals surface area contributed by atoms with Gasteiger partial charge >= 0.3 is 0 Å². The van der Waals surface area contributed by atoms with Crippen LogP contribution in [-0.2, 0) is 14.8 Å². The van der Waals surface area contributed by atoms with Crippen molar-refractivity contribution in [3.05, 3.63) is 29.3 Å². The highest BCUT2D eigenvalue weighted by Crippen LogP contribution is 2.25. The predicted octanol–water partition coefficient (Wildman–Crippen LogP) is 2.44. The van der Waals surface area contributed by atoms with Gasteiger partial charge in [0.1, 0.15) is 0 Å².